The zero-order valence-electron chi connectivity index (χ0n) is 12.0. The highest BCUT2D eigenvalue weighted by Crippen LogP contribution is 2.22. The lowest BCUT2D eigenvalue weighted by Crippen LogP contribution is -2.00. The third-order valence-electron chi connectivity index (χ3n) is 3.66. The van der Waals surface area contributed by atoms with Gasteiger partial charge in [-0.2, -0.15) is 0 Å². The standard InChI is InChI=1S/C16H32/c1-6-8-12-15(4)16(5)13-9-11-14(3)10-7-2/h14-15H,5-13H2,1-4H3. The lowest BCUT2D eigenvalue weighted by Gasteiger charge is -2.15. The van der Waals surface area contributed by atoms with Gasteiger partial charge in [-0.1, -0.05) is 72.0 Å². The molecule has 0 aliphatic carbocycles. The van der Waals surface area contributed by atoms with Crippen molar-refractivity contribution in [1.29, 1.82) is 0 Å². The van der Waals surface area contributed by atoms with E-state index in [1.54, 1.807) is 0 Å². The van der Waals surface area contributed by atoms with Crippen LogP contribution in [0.1, 0.15) is 79.1 Å². The molecule has 0 aromatic carbocycles. The van der Waals surface area contributed by atoms with Crippen LogP contribution in [0.4, 0.5) is 0 Å². The Morgan fingerprint density at radius 2 is 1.62 bits per heavy atom. The Labute approximate surface area is 104 Å². The van der Waals surface area contributed by atoms with Gasteiger partial charge in [0.05, 0.1) is 0 Å². The average molecular weight is 224 g/mol. The van der Waals surface area contributed by atoms with Crippen molar-refractivity contribution < 1.29 is 0 Å². The summed E-state index contributed by atoms with van der Waals surface area (Å²) in [4.78, 5) is 0. The molecule has 96 valence electrons. The largest absolute Gasteiger partial charge is 0.0996 e. The molecular formula is C16H32. The molecule has 0 N–H and O–H groups in total. The predicted octanol–water partition coefficient (Wildman–Crippen LogP) is 5.98. The predicted molar refractivity (Wildman–Crippen MR) is 75.8 cm³/mol. The van der Waals surface area contributed by atoms with Crippen LogP contribution in [0.3, 0.4) is 0 Å². The summed E-state index contributed by atoms with van der Waals surface area (Å²) in [5.74, 6) is 1.64. The van der Waals surface area contributed by atoms with Crippen LogP contribution in [0.5, 0.6) is 0 Å². The molecular weight excluding hydrogens is 192 g/mol. The number of allylic oxidation sites excluding steroid dienone is 1. The van der Waals surface area contributed by atoms with Crippen LogP contribution in [-0.4, -0.2) is 0 Å². The van der Waals surface area contributed by atoms with Gasteiger partial charge < -0.3 is 0 Å². The van der Waals surface area contributed by atoms with E-state index >= 15 is 0 Å². The second-order valence-electron chi connectivity index (χ2n) is 5.49. The molecule has 0 aromatic heterocycles. The van der Waals surface area contributed by atoms with Crippen LogP contribution in [0.2, 0.25) is 0 Å². The van der Waals surface area contributed by atoms with Gasteiger partial charge in [-0.25, -0.2) is 0 Å². The van der Waals surface area contributed by atoms with Gasteiger partial charge in [-0.05, 0) is 31.1 Å². The summed E-state index contributed by atoms with van der Waals surface area (Å²) in [7, 11) is 0. The van der Waals surface area contributed by atoms with Crippen LogP contribution in [-0.2, 0) is 0 Å². The highest BCUT2D eigenvalue weighted by Gasteiger charge is 2.07. The van der Waals surface area contributed by atoms with E-state index in [1.807, 2.05) is 0 Å². The summed E-state index contributed by atoms with van der Waals surface area (Å²) in [5.41, 5.74) is 1.48. The van der Waals surface area contributed by atoms with Gasteiger partial charge in [-0.3, -0.25) is 0 Å². The summed E-state index contributed by atoms with van der Waals surface area (Å²) in [6.45, 7) is 13.5. The van der Waals surface area contributed by atoms with Gasteiger partial charge >= 0.3 is 0 Å². The third-order valence-corrected chi connectivity index (χ3v) is 3.66. The van der Waals surface area contributed by atoms with Crippen LogP contribution in [0.25, 0.3) is 0 Å². The molecule has 0 fully saturated rings. The fraction of sp³-hybridized carbons (Fsp3) is 0.875. The van der Waals surface area contributed by atoms with Crippen LogP contribution < -0.4 is 0 Å². The summed E-state index contributed by atoms with van der Waals surface area (Å²) >= 11 is 0. The van der Waals surface area contributed by atoms with E-state index in [1.165, 1.54) is 56.9 Å². The maximum Gasteiger partial charge on any atom is -0.0234 e. The van der Waals surface area contributed by atoms with E-state index in [4.69, 9.17) is 0 Å². The maximum absolute atomic E-state index is 4.25. The van der Waals surface area contributed by atoms with Gasteiger partial charge in [-0.15, -0.1) is 0 Å². The first-order chi connectivity index (χ1) is 7.61. The third kappa shape index (κ3) is 7.96. The first-order valence-corrected chi connectivity index (χ1v) is 7.29. The second-order valence-corrected chi connectivity index (χ2v) is 5.49. The summed E-state index contributed by atoms with van der Waals surface area (Å²) < 4.78 is 0. The average Bonchev–Trinajstić information content (AvgIpc) is 2.26. The second kappa shape index (κ2) is 9.93. The zero-order valence-corrected chi connectivity index (χ0v) is 12.0. The van der Waals surface area contributed by atoms with Gasteiger partial charge in [0.25, 0.3) is 0 Å². The molecule has 0 rings (SSSR count). The van der Waals surface area contributed by atoms with Crippen molar-refractivity contribution in [2.45, 2.75) is 79.1 Å². The van der Waals surface area contributed by atoms with Crippen molar-refractivity contribution in [3.63, 3.8) is 0 Å². The van der Waals surface area contributed by atoms with Gasteiger partial charge in [0.15, 0.2) is 0 Å². The maximum atomic E-state index is 4.25. The van der Waals surface area contributed by atoms with E-state index < -0.39 is 0 Å². The Morgan fingerprint density at radius 1 is 0.938 bits per heavy atom. The van der Waals surface area contributed by atoms with Gasteiger partial charge in [0.1, 0.15) is 0 Å². The minimum absolute atomic E-state index is 0.737. The number of hydrogen-bond donors (Lipinski definition) is 0. The molecule has 0 saturated heterocycles. The molecule has 0 aromatic rings. The highest BCUT2D eigenvalue weighted by molar-refractivity contribution is 4.98. The minimum atomic E-state index is 0.737. The normalized spacial score (nSPS) is 14.8. The van der Waals surface area contributed by atoms with Crippen LogP contribution in [0, 0.1) is 11.8 Å². The molecule has 2 unspecified atom stereocenters. The Balaban J connectivity index is 3.56. The number of hydrogen-bond acceptors (Lipinski definition) is 0. The molecule has 0 heterocycles. The summed E-state index contributed by atoms with van der Waals surface area (Å²) in [5, 5.41) is 0. The smallest absolute Gasteiger partial charge is 0.0234 e. The Hall–Kier alpha value is -0.260. The van der Waals surface area contributed by atoms with Crippen molar-refractivity contribution in [3.05, 3.63) is 12.2 Å². The zero-order chi connectivity index (χ0) is 12.4. The first-order valence-electron chi connectivity index (χ1n) is 7.29. The molecule has 0 radical (unpaired) electrons. The number of rotatable bonds is 10. The molecule has 2 atom stereocenters. The van der Waals surface area contributed by atoms with Crippen molar-refractivity contribution in [3.8, 4) is 0 Å². The topological polar surface area (TPSA) is 0 Å². The van der Waals surface area contributed by atoms with Crippen molar-refractivity contribution >= 4 is 0 Å². The highest BCUT2D eigenvalue weighted by atomic mass is 14.1. The van der Waals surface area contributed by atoms with Crippen molar-refractivity contribution in [2.75, 3.05) is 0 Å². The molecule has 0 spiro atoms. The fourth-order valence-corrected chi connectivity index (χ4v) is 2.28. The Bertz CT molecular complexity index is 169. The lowest BCUT2D eigenvalue weighted by atomic mass is 9.91. The Morgan fingerprint density at radius 3 is 2.19 bits per heavy atom. The molecule has 0 aliphatic rings. The summed E-state index contributed by atoms with van der Waals surface area (Å²) in [6.07, 6.45) is 10.7. The van der Waals surface area contributed by atoms with Crippen molar-refractivity contribution in [1.82, 2.24) is 0 Å². The van der Waals surface area contributed by atoms with E-state index in [2.05, 4.69) is 34.3 Å². The van der Waals surface area contributed by atoms with Gasteiger partial charge in [0.2, 0.25) is 0 Å². The molecule has 16 heavy (non-hydrogen) atoms. The molecule has 0 heteroatoms. The Kier molecular flexibility index (Phi) is 9.77. The minimum Gasteiger partial charge on any atom is -0.0996 e. The van der Waals surface area contributed by atoms with Crippen molar-refractivity contribution in [2.24, 2.45) is 11.8 Å². The van der Waals surface area contributed by atoms with E-state index in [0.29, 0.717) is 0 Å². The van der Waals surface area contributed by atoms with E-state index in [9.17, 15) is 0 Å². The molecule has 0 nitrogen and oxygen atoms in total. The van der Waals surface area contributed by atoms with Gasteiger partial charge in [0, 0.05) is 0 Å². The number of unbranched alkanes of at least 4 members (excludes halogenated alkanes) is 1. The monoisotopic (exact) mass is 224 g/mol. The fourth-order valence-electron chi connectivity index (χ4n) is 2.28. The summed E-state index contributed by atoms with van der Waals surface area (Å²) in [6, 6.07) is 0. The molecule has 0 amide bonds. The SMILES string of the molecule is C=C(CCCC(C)CCC)C(C)CCCC. The molecule has 0 bridgehead atoms. The lowest BCUT2D eigenvalue weighted by molar-refractivity contribution is 0.459. The molecule has 0 saturated carbocycles. The van der Waals surface area contributed by atoms with E-state index in [0.717, 1.165) is 11.8 Å². The van der Waals surface area contributed by atoms with Crippen LogP contribution in [0.15, 0.2) is 12.2 Å². The van der Waals surface area contributed by atoms with E-state index in [-0.39, 0.29) is 0 Å². The first kappa shape index (κ1) is 15.7. The molecule has 0 aliphatic heterocycles. The quantitative estimate of drug-likeness (QED) is 0.401. The van der Waals surface area contributed by atoms with Crippen LogP contribution >= 0.6 is 0 Å².